The molecule has 1 atom stereocenters. The van der Waals surface area contributed by atoms with E-state index in [-0.39, 0.29) is 5.28 Å². The Morgan fingerprint density at radius 1 is 1.56 bits per heavy atom. The molecule has 0 amide bonds. The van der Waals surface area contributed by atoms with E-state index < -0.39 is 0 Å². The molecule has 2 aromatic rings. The van der Waals surface area contributed by atoms with Gasteiger partial charge in [0.1, 0.15) is 5.52 Å². The number of halogens is 1. The standard InChI is InChI=1S/C12H15ClN4O/c1-18-8-9-4-2-6-16(9)11-10-5-3-7-17(10)15-12(13)14-11/h3,5,7,9H,2,4,6,8H2,1H3/t9-/m0/s1. The lowest BCUT2D eigenvalue weighted by Crippen LogP contribution is -2.33. The van der Waals surface area contributed by atoms with Crippen molar-refractivity contribution in [3.63, 3.8) is 0 Å². The number of rotatable bonds is 3. The number of fused-ring (bicyclic) bond motifs is 1. The highest BCUT2D eigenvalue weighted by Gasteiger charge is 2.27. The average molecular weight is 267 g/mol. The smallest absolute Gasteiger partial charge is 0.243 e. The Morgan fingerprint density at radius 3 is 3.28 bits per heavy atom. The van der Waals surface area contributed by atoms with Crippen molar-refractivity contribution in [2.75, 3.05) is 25.2 Å². The molecule has 3 heterocycles. The van der Waals surface area contributed by atoms with Crippen molar-refractivity contribution in [2.24, 2.45) is 0 Å². The van der Waals surface area contributed by atoms with E-state index in [4.69, 9.17) is 16.3 Å². The van der Waals surface area contributed by atoms with Crippen molar-refractivity contribution in [1.82, 2.24) is 14.6 Å². The zero-order chi connectivity index (χ0) is 12.5. The van der Waals surface area contributed by atoms with Crippen molar-refractivity contribution in [2.45, 2.75) is 18.9 Å². The van der Waals surface area contributed by atoms with Crippen LogP contribution in [0.4, 0.5) is 5.82 Å². The van der Waals surface area contributed by atoms with Crippen LogP contribution in [0.3, 0.4) is 0 Å². The molecule has 3 rings (SSSR count). The van der Waals surface area contributed by atoms with Crippen LogP contribution in [-0.2, 0) is 4.74 Å². The fourth-order valence-electron chi connectivity index (χ4n) is 2.58. The van der Waals surface area contributed by atoms with Gasteiger partial charge in [-0.2, -0.15) is 4.98 Å². The van der Waals surface area contributed by atoms with Gasteiger partial charge in [0.05, 0.1) is 12.6 Å². The lowest BCUT2D eigenvalue weighted by molar-refractivity contribution is 0.180. The predicted octanol–water partition coefficient (Wildman–Crippen LogP) is 2.00. The molecule has 6 heteroatoms. The summed E-state index contributed by atoms with van der Waals surface area (Å²) in [5.41, 5.74) is 0.988. The molecule has 0 aliphatic carbocycles. The van der Waals surface area contributed by atoms with E-state index in [0.29, 0.717) is 12.6 Å². The summed E-state index contributed by atoms with van der Waals surface area (Å²) in [7, 11) is 1.73. The lowest BCUT2D eigenvalue weighted by atomic mass is 10.2. The van der Waals surface area contributed by atoms with E-state index in [0.717, 1.165) is 30.7 Å². The monoisotopic (exact) mass is 266 g/mol. The van der Waals surface area contributed by atoms with Gasteiger partial charge >= 0.3 is 0 Å². The van der Waals surface area contributed by atoms with Crippen LogP contribution in [0.1, 0.15) is 12.8 Å². The van der Waals surface area contributed by atoms with E-state index in [1.165, 1.54) is 0 Å². The summed E-state index contributed by atoms with van der Waals surface area (Å²) in [5.74, 6) is 0.902. The SMILES string of the molecule is COC[C@@H]1CCCN1c1nc(Cl)nn2cccc12. The van der Waals surface area contributed by atoms with Crippen LogP contribution < -0.4 is 4.90 Å². The zero-order valence-electron chi connectivity index (χ0n) is 10.2. The fourth-order valence-corrected chi connectivity index (χ4v) is 2.75. The highest BCUT2D eigenvalue weighted by atomic mass is 35.5. The second-order valence-electron chi connectivity index (χ2n) is 4.49. The van der Waals surface area contributed by atoms with Gasteiger partial charge in [0, 0.05) is 19.9 Å². The maximum Gasteiger partial charge on any atom is 0.243 e. The highest BCUT2D eigenvalue weighted by molar-refractivity contribution is 6.28. The van der Waals surface area contributed by atoms with Gasteiger partial charge in [0.25, 0.3) is 0 Å². The number of methoxy groups -OCH3 is 1. The Morgan fingerprint density at radius 2 is 2.44 bits per heavy atom. The number of nitrogens with zero attached hydrogens (tertiary/aromatic N) is 4. The number of hydrogen-bond donors (Lipinski definition) is 0. The van der Waals surface area contributed by atoms with Gasteiger partial charge in [0.2, 0.25) is 5.28 Å². The summed E-state index contributed by atoms with van der Waals surface area (Å²) in [4.78, 5) is 6.66. The molecule has 0 saturated carbocycles. The third kappa shape index (κ3) is 1.93. The van der Waals surface area contributed by atoms with Crippen LogP contribution in [0, 0.1) is 0 Å². The Kier molecular flexibility index (Phi) is 3.09. The molecule has 18 heavy (non-hydrogen) atoms. The molecule has 0 bridgehead atoms. The molecule has 5 nitrogen and oxygen atoms in total. The lowest BCUT2D eigenvalue weighted by Gasteiger charge is -2.25. The first-order valence-electron chi connectivity index (χ1n) is 6.06. The van der Waals surface area contributed by atoms with E-state index in [1.54, 1.807) is 11.6 Å². The van der Waals surface area contributed by atoms with Gasteiger partial charge in [-0.1, -0.05) is 0 Å². The molecule has 1 fully saturated rings. The van der Waals surface area contributed by atoms with Crippen molar-refractivity contribution in [3.05, 3.63) is 23.6 Å². The molecule has 0 spiro atoms. The van der Waals surface area contributed by atoms with Crippen molar-refractivity contribution in [1.29, 1.82) is 0 Å². The highest BCUT2D eigenvalue weighted by Crippen LogP contribution is 2.28. The summed E-state index contributed by atoms with van der Waals surface area (Å²) >= 11 is 5.98. The molecule has 0 radical (unpaired) electrons. The van der Waals surface area contributed by atoms with Gasteiger partial charge in [-0.25, -0.2) is 4.52 Å². The summed E-state index contributed by atoms with van der Waals surface area (Å²) in [5, 5.41) is 4.43. The second kappa shape index (κ2) is 4.74. The van der Waals surface area contributed by atoms with Gasteiger partial charge < -0.3 is 9.64 Å². The normalized spacial score (nSPS) is 19.9. The Hall–Kier alpha value is -1.33. The third-order valence-electron chi connectivity index (χ3n) is 3.35. The van der Waals surface area contributed by atoms with Crippen LogP contribution >= 0.6 is 11.6 Å². The van der Waals surface area contributed by atoms with E-state index in [1.807, 2.05) is 18.3 Å². The Labute approximate surface area is 110 Å². The molecular weight excluding hydrogens is 252 g/mol. The summed E-state index contributed by atoms with van der Waals surface area (Å²) in [6.07, 6.45) is 4.17. The third-order valence-corrected chi connectivity index (χ3v) is 3.51. The maximum atomic E-state index is 5.98. The van der Waals surface area contributed by atoms with Gasteiger partial charge in [-0.3, -0.25) is 0 Å². The summed E-state index contributed by atoms with van der Waals surface area (Å²) < 4.78 is 7.05. The molecule has 96 valence electrons. The fraction of sp³-hybridized carbons (Fsp3) is 0.500. The quantitative estimate of drug-likeness (QED) is 0.852. The zero-order valence-corrected chi connectivity index (χ0v) is 11.0. The summed E-state index contributed by atoms with van der Waals surface area (Å²) in [6, 6.07) is 4.33. The first-order chi connectivity index (χ1) is 8.79. The van der Waals surface area contributed by atoms with Crippen LogP contribution in [0.25, 0.3) is 5.52 Å². The molecule has 0 aromatic carbocycles. The molecule has 0 unspecified atom stereocenters. The molecule has 0 N–H and O–H groups in total. The number of aromatic nitrogens is 3. The average Bonchev–Trinajstić information content (AvgIpc) is 2.96. The van der Waals surface area contributed by atoms with Gasteiger partial charge in [-0.05, 0) is 36.6 Å². The molecule has 2 aromatic heterocycles. The van der Waals surface area contributed by atoms with E-state index in [9.17, 15) is 0 Å². The van der Waals surface area contributed by atoms with Crippen LogP contribution in [0.2, 0.25) is 5.28 Å². The minimum absolute atomic E-state index is 0.275. The largest absolute Gasteiger partial charge is 0.383 e. The topological polar surface area (TPSA) is 42.7 Å². The van der Waals surface area contributed by atoms with Crippen LogP contribution in [0.5, 0.6) is 0 Å². The summed E-state index contributed by atoms with van der Waals surface area (Å²) in [6.45, 7) is 1.71. The van der Waals surface area contributed by atoms with Crippen molar-refractivity contribution >= 4 is 22.9 Å². The Bertz CT molecular complexity index is 556. The van der Waals surface area contributed by atoms with Crippen LogP contribution in [0.15, 0.2) is 18.3 Å². The van der Waals surface area contributed by atoms with Gasteiger partial charge in [0.15, 0.2) is 5.82 Å². The first-order valence-corrected chi connectivity index (χ1v) is 6.44. The number of ether oxygens (including phenoxy) is 1. The number of hydrogen-bond acceptors (Lipinski definition) is 4. The first kappa shape index (κ1) is 11.7. The molecule has 1 aliphatic heterocycles. The molecular formula is C12H15ClN4O. The van der Waals surface area contributed by atoms with Gasteiger partial charge in [-0.15, -0.1) is 5.10 Å². The predicted molar refractivity (Wildman–Crippen MR) is 70.2 cm³/mol. The molecule has 1 aliphatic rings. The van der Waals surface area contributed by atoms with E-state index >= 15 is 0 Å². The Balaban J connectivity index is 2.04. The van der Waals surface area contributed by atoms with Crippen molar-refractivity contribution < 1.29 is 4.74 Å². The molecule has 1 saturated heterocycles. The van der Waals surface area contributed by atoms with E-state index in [2.05, 4.69) is 15.0 Å². The van der Waals surface area contributed by atoms with Crippen LogP contribution in [-0.4, -0.2) is 40.9 Å². The minimum Gasteiger partial charge on any atom is -0.383 e. The van der Waals surface area contributed by atoms with Crippen molar-refractivity contribution in [3.8, 4) is 0 Å². The number of anilines is 1. The maximum absolute atomic E-state index is 5.98. The second-order valence-corrected chi connectivity index (χ2v) is 4.83. The minimum atomic E-state index is 0.275.